The average molecular weight is 305 g/mol. The highest BCUT2D eigenvalue weighted by Crippen LogP contribution is 2.25. The molecule has 4 N–H and O–H groups in total. The number of rotatable bonds is 3. The molecular formula is C11H17BrN2O3. The first kappa shape index (κ1) is 15.7. The fraction of sp³-hybridized carbons (Fsp3) is 0.364. The molecule has 0 radical (unpaired) electrons. The van der Waals surface area contributed by atoms with Gasteiger partial charge in [-0.15, -0.1) is 17.0 Å². The van der Waals surface area contributed by atoms with Gasteiger partial charge in [-0.3, -0.25) is 4.79 Å². The zero-order valence-electron chi connectivity index (χ0n) is 9.75. The molecule has 0 aromatic heterocycles. The molecule has 0 unspecified atom stereocenters. The van der Waals surface area contributed by atoms with E-state index in [1.807, 2.05) is 0 Å². The highest BCUT2D eigenvalue weighted by atomic mass is 79.9. The molecular weight excluding hydrogens is 288 g/mol. The van der Waals surface area contributed by atoms with Crippen LogP contribution in [0.2, 0.25) is 0 Å². The van der Waals surface area contributed by atoms with Crippen molar-refractivity contribution in [1.82, 2.24) is 4.90 Å². The zero-order chi connectivity index (χ0) is 12.3. The number of aromatic hydroxyl groups is 2. The van der Waals surface area contributed by atoms with Crippen LogP contribution in [0.15, 0.2) is 18.2 Å². The van der Waals surface area contributed by atoms with Crippen LogP contribution in [0, 0.1) is 0 Å². The number of nitrogens with zero attached hydrogens (tertiary/aromatic N) is 1. The standard InChI is InChI=1S/C11H16N2O3.BrH/c1-13(2)11(16)8(12)5-7-3-4-9(14)10(15)6-7;/h3-4,6,8,14-15H,5,12H2,1-2H3;1H/t8-;/m0./s1. The van der Waals surface area contributed by atoms with Crippen LogP contribution in [0.5, 0.6) is 11.5 Å². The van der Waals surface area contributed by atoms with Crippen molar-refractivity contribution in [3.05, 3.63) is 23.8 Å². The minimum atomic E-state index is -0.640. The van der Waals surface area contributed by atoms with Gasteiger partial charge in [0.15, 0.2) is 11.5 Å². The Morgan fingerprint density at radius 3 is 2.41 bits per heavy atom. The van der Waals surface area contributed by atoms with E-state index in [-0.39, 0.29) is 34.4 Å². The Hall–Kier alpha value is -1.27. The molecule has 1 aromatic carbocycles. The summed E-state index contributed by atoms with van der Waals surface area (Å²) in [5, 5.41) is 18.4. The maximum Gasteiger partial charge on any atom is 0.239 e. The van der Waals surface area contributed by atoms with Crippen LogP contribution in [0.25, 0.3) is 0 Å². The van der Waals surface area contributed by atoms with Gasteiger partial charge in [0, 0.05) is 14.1 Å². The molecule has 0 aliphatic carbocycles. The summed E-state index contributed by atoms with van der Waals surface area (Å²) in [6.07, 6.45) is 0.324. The maximum absolute atomic E-state index is 11.5. The lowest BCUT2D eigenvalue weighted by Gasteiger charge is -2.16. The van der Waals surface area contributed by atoms with Crippen LogP contribution in [-0.4, -0.2) is 41.2 Å². The lowest BCUT2D eigenvalue weighted by Crippen LogP contribution is -2.41. The van der Waals surface area contributed by atoms with E-state index in [1.54, 1.807) is 20.2 Å². The first-order valence-corrected chi connectivity index (χ1v) is 4.89. The third-order valence-corrected chi connectivity index (χ3v) is 2.25. The molecule has 0 bridgehead atoms. The zero-order valence-corrected chi connectivity index (χ0v) is 11.5. The Labute approximate surface area is 111 Å². The molecule has 0 fully saturated rings. The summed E-state index contributed by atoms with van der Waals surface area (Å²) in [5.41, 5.74) is 6.41. The smallest absolute Gasteiger partial charge is 0.239 e. The van der Waals surface area contributed by atoms with Gasteiger partial charge in [0.25, 0.3) is 0 Å². The molecule has 0 heterocycles. The van der Waals surface area contributed by atoms with Gasteiger partial charge in [0.1, 0.15) is 0 Å². The van der Waals surface area contributed by atoms with Crippen LogP contribution in [-0.2, 0) is 11.2 Å². The SMILES string of the molecule is Br.CN(C)C(=O)[C@@H](N)Cc1ccc(O)c(O)c1. The number of phenols is 2. The molecule has 0 saturated carbocycles. The number of phenolic OH excluding ortho intramolecular Hbond substituents is 2. The number of hydrogen-bond acceptors (Lipinski definition) is 4. The molecule has 1 atom stereocenters. The van der Waals surface area contributed by atoms with E-state index in [4.69, 9.17) is 10.8 Å². The minimum Gasteiger partial charge on any atom is -0.504 e. The number of benzene rings is 1. The number of hydrogen-bond donors (Lipinski definition) is 3. The van der Waals surface area contributed by atoms with Gasteiger partial charge in [-0.25, -0.2) is 0 Å². The van der Waals surface area contributed by atoms with Gasteiger partial charge in [-0.1, -0.05) is 6.07 Å². The van der Waals surface area contributed by atoms with Crippen LogP contribution >= 0.6 is 17.0 Å². The molecule has 0 spiro atoms. The topological polar surface area (TPSA) is 86.8 Å². The van der Waals surface area contributed by atoms with Crippen molar-refractivity contribution in [1.29, 1.82) is 0 Å². The summed E-state index contributed by atoms with van der Waals surface area (Å²) >= 11 is 0. The summed E-state index contributed by atoms with van der Waals surface area (Å²) in [6.45, 7) is 0. The van der Waals surface area contributed by atoms with E-state index in [2.05, 4.69) is 0 Å². The van der Waals surface area contributed by atoms with Crippen molar-refractivity contribution < 1.29 is 15.0 Å². The Balaban J connectivity index is 0.00000256. The van der Waals surface area contributed by atoms with Gasteiger partial charge in [0.05, 0.1) is 6.04 Å². The Kier molecular flexibility index (Phi) is 5.98. The van der Waals surface area contributed by atoms with Crippen molar-refractivity contribution in [2.75, 3.05) is 14.1 Å². The maximum atomic E-state index is 11.5. The number of halogens is 1. The summed E-state index contributed by atoms with van der Waals surface area (Å²) in [7, 11) is 3.27. The van der Waals surface area contributed by atoms with Crippen molar-refractivity contribution in [3.63, 3.8) is 0 Å². The Morgan fingerprint density at radius 1 is 1.35 bits per heavy atom. The number of nitrogens with two attached hydrogens (primary N) is 1. The van der Waals surface area contributed by atoms with Gasteiger partial charge in [0.2, 0.25) is 5.91 Å². The number of amides is 1. The molecule has 1 aromatic rings. The van der Waals surface area contributed by atoms with Gasteiger partial charge >= 0.3 is 0 Å². The molecule has 5 nitrogen and oxygen atoms in total. The molecule has 1 amide bonds. The molecule has 0 aliphatic heterocycles. The second-order valence-electron chi connectivity index (χ2n) is 3.87. The lowest BCUT2D eigenvalue weighted by atomic mass is 10.1. The third kappa shape index (κ3) is 4.24. The van der Waals surface area contributed by atoms with E-state index < -0.39 is 6.04 Å². The van der Waals surface area contributed by atoms with E-state index in [9.17, 15) is 9.90 Å². The molecule has 0 aliphatic rings. The van der Waals surface area contributed by atoms with Crippen LogP contribution < -0.4 is 5.73 Å². The molecule has 96 valence electrons. The number of likely N-dealkylation sites (N-methyl/N-ethyl adjacent to an activating group) is 1. The van der Waals surface area contributed by atoms with Gasteiger partial charge < -0.3 is 20.8 Å². The number of carbonyl (C=O) groups is 1. The van der Waals surface area contributed by atoms with Crippen LogP contribution in [0.3, 0.4) is 0 Å². The van der Waals surface area contributed by atoms with E-state index >= 15 is 0 Å². The molecule has 17 heavy (non-hydrogen) atoms. The van der Waals surface area contributed by atoms with Crippen LogP contribution in [0.1, 0.15) is 5.56 Å². The fourth-order valence-corrected chi connectivity index (χ4v) is 1.37. The van der Waals surface area contributed by atoms with E-state index in [0.29, 0.717) is 12.0 Å². The van der Waals surface area contributed by atoms with Crippen molar-refractivity contribution in [2.45, 2.75) is 12.5 Å². The van der Waals surface area contributed by atoms with E-state index in [1.165, 1.54) is 17.0 Å². The van der Waals surface area contributed by atoms with Crippen molar-refractivity contribution in [2.24, 2.45) is 5.73 Å². The second-order valence-corrected chi connectivity index (χ2v) is 3.87. The largest absolute Gasteiger partial charge is 0.504 e. The summed E-state index contributed by atoms with van der Waals surface area (Å²) < 4.78 is 0. The van der Waals surface area contributed by atoms with Crippen LogP contribution in [0.4, 0.5) is 0 Å². The number of carbonyl (C=O) groups excluding carboxylic acids is 1. The predicted molar refractivity (Wildman–Crippen MR) is 70.5 cm³/mol. The Bertz CT molecular complexity index is 396. The molecule has 0 saturated heterocycles. The van der Waals surface area contributed by atoms with Gasteiger partial charge in [-0.2, -0.15) is 0 Å². The monoisotopic (exact) mass is 304 g/mol. The normalized spacial score (nSPS) is 11.5. The van der Waals surface area contributed by atoms with E-state index in [0.717, 1.165) is 0 Å². The molecule has 6 heteroatoms. The van der Waals surface area contributed by atoms with Crippen molar-refractivity contribution in [3.8, 4) is 11.5 Å². The van der Waals surface area contributed by atoms with Crippen molar-refractivity contribution >= 4 is 22.9 Å². The quantitative estimate of drug-likeness (QED) is 0.715. The first-order valence-electron chi connectivity index (χ1n) is 4.89. The lowest BCUT2D eigenvalue weighted by molar-refractivity contribution is -0.130. The summed E-state index contributed by atoms with van der Waals surface area (Å²) in [6, 6.07) is 3.76. The second kappa shape index (κ2) is 6.46. The highest BCUT2D eigenvalue weighted by Gasteiger charge is 2.16. The summed E-state index contributed by atoms with van der Waals surface area (Å²) in [4.78, 5) is 12.9. The highest BCUT2D eigenvalue weighted by molar-refractivity contribution is 8.93. The molecule has 1 rings (SSSR count). The minimum absolute atomic E-state index is 0. The summed E-state index contributed by atoms with van der Waals surface area (Å²) in [5.74, 6) is -0.564. The predicted octanol–water partition coefficient (Wildman–Crippen LogP) is 0.634. The fourth-order valence-electron chi connectivity index (χ4n) is 1.37. The first-order chi connectivity index (χ1) is 7.41. The average Bonchev–Trinajstić information content (AvgIpc) is 2.22. The van der Waals surface area contributed by atoms with Gasteiger partial charge in [-0.05, 0) is 24.1 Å². The Morgan fingerprint density at radius 2 is 1.94 bits per heavy atom. The third-order valence-electron chi connectivity index (χ3n) is 2.25.